The maximum atomic E-state index is 5.47. The lowest BCUT2D eigenvalue weighted by Gasteiger charge is -2.07. The molecule has 0 spiro atoms. The third-order valence-electron chi connectivity index (χ3n) is 2.10. The molecule has 0 fully saturated rings. The average molecular weight is 243 g/mol. The maximum Gasteiger partial charge on any atom is 0.0413 e. The quantitative estimate of drug-likeness (QED) is 0.881. The van der Waals surface area contributed by atoms with Gasteiger partial charge in [0.05, 0.1) is 0 Å². The third kappa shape index (κ3) is 2.78. The summed E-state index contributed by atoms with van der Waals surface area (Å²) in [5, 5.41) is 0. The molecule has 13 heavy (non-hydrogen) atoms. The van der Waals surface area contributed by atoms with Crippen LogP contribution in [0.15, 0.2) is 16.9 Å². The molecule has 0 aromatic carbocycles. The van der Waals surface area contributed by atoms with Gasteiger partial charge in [-0.25, -0.2) is 0 Å². The molecule has 1 rings (SSSR count). The zero-order valence-electron chi connectivity index (χ0n) is 7.89. The van der Waals surface area contributed by atoms with Crippen LogP contribution in [0.25, 0.3) is 0 Å². The molecule has 1 aromatic heterocycles. The molecule has 0 amide bonds. The molecule has 0 saturated carbocycles. The number of nitrogens with two attached hydrogens (primary N) is 1. The standard InChI is InChI=1S/C10H15BrN2/c1-2-9-8(4-3-5-12)6-13-7-10(9)11/h6-7H,2-5,12H2,1H3. The number of aryl methyl sites for hydroxylation is 1. The Kier molecular flexibility index (Phi) is 4.39. The van der Waals surface area contributed by atoms with E-state index < -0.39 is 0 Å². The van der Waals surface area contributed by atoms with Crippen LogP contribution in [0.5, 0.6) is 0 Å². The monoisotopic (exact) mass is 242 g/mol. The van der Waals surface area contributed by atoms with E-state index in [0.717, 1.165) is 30.3 Å². The van der Waals surface area contributed by atoms with E-state index in [9.17, 15) is 0 Å². The van der Waals surface area contributed by atoms with E-state index in [1.807, 2.05) is 12.4 Å². The summed E-state index contributed by atoms with van der Waals surface area (Å²) in [5.74, 6) is 0. The minimum Gasteiger partial charge on any atom is -0.330 e. The van der Waals surface area contributed by atoms with Gasteiger partial charge < -0.3 is 5.73 Å². The fourth-order valence-corrected chi connectivity index (χ4v) is 2.06. The van der Waals surface area contributed by atoms with Crippen LogP contribution >= 0.6 is 15.9 Å². The van der Waals surface area contributed by atoms with Crippen molar-refractivity contribution in [2.24, 2.45) is 5.73 Å². The molecule has 2 N–H and O–H groups in total. The number of halogens is 1. The first-order chi connectivity index (χ1) is 6.29. The fourth-order valence-electron chi connectivity index (χ4n) is 1.41. The van der Waals surface area contributed by atoms with E-state index in [1.54, 1.807) is 0 Å². The topological polar surface area (TPSA) is 38.9 Å². The van der Waals surface area contributed by atoms with Crippen molar-refractivity contribution in [3.63, 3.8) is 0 Å². The van der Waals surface area contributed by atoms with Crippen molar-refractivity contribution in [2.45, 2.75) is 26.2 Å². The number of rotatable bonds is 4. The van der Waals surface area contributed by atoms with Gasteiger partial charge in [-0.3, -0.25) is 4.98 Å². The number of hydrogen-bond acceptors (Lipinski definition) is 2. The molecule has 0 unspecified atom stereocenters. The van der Waals surface area contributed by atoms with Crippen molar-refractivity contribution < 1.29 is 0 Å². The molecule has 0 bridgehead atoms. The molecular weight excluding hydrogens is 228 g/mol. The fraction of sp³-hybridized carbons (Fsp3) is 0.500. The minimum absolute atomic E-state index is 0.746. The summed E-state index contributed by atoms with van der Waals surface area (Å²) < 4.78 is 1.12. The van der Waals surface area contributed by atoms with Gasteiger partial charge in [-0.05, 0) is 52.9 Å². The highest BCUT2D eigenvalue weighted by molar-refractivity contribution is 9.10. The molecule has 1 heterocycles. The van der Waals surface area contributed by atoms with Gasteiger partial charge in [0.2, 0.25) is 0 Å². The van der Waals surface area contributed by atoms with Crippen LogP contribution in [0.2, 0.25) is 0 Å². The molecule has 0 aliphatic carbocycles. The van der Waals surface area contributed by atoms with E-state index in [2.05, 4.69) is 27.8 Å². The predicted octanol–water partition coefficient (Wildman–Crippen LogP) is 2.30. The van der Waals surface area contributed by atoms with E-state index in [0.29, 0.717) is 0 Å². The third-order valence-corrected chi connectivity index (χ3v) is 2.78. The van der Waals surface area contributed by atoms with Gasteiger partial charge in [-0.1, -0.05) is 6.92 Å². The lowest BCUT2D eigenvalue weighted by atomic mass is 10.0. The highest BCUT2D eigenvalue weighted by Gasteiger charge is 2.04. The molecule has 0 radical (unpaired) electrons. The number of nitrogens with zero attached hydrogens (tertiary/aromatic N) is 1. The number of pyridine rings is 1. The van der Waals surface area contributed by atoms with Crippen LogP contribution in [0.3, 0.4) is 0 Å². The summed E-state index contributed by atoms with van der Waals surface area (Å²) >= 11 is 3.51. The normalized spacial score (nSPS) is 10.4. The summed E-state index contributed by atoms with van der Waals surface area (Å²) in [6.45, 7) is 2.90. The molecule has 3 heteroatoms. The first-order valence-electron chi connectivity index (χ1n) is 4.61. The van der Waals surface area contributed by atoms with Gasteiger partial charge in [0, 0.05) is 16.9 Å². The molecular formula is C10H15BrN2. The molecule has 1 aromatic rings. The van der Waals surface area contributed by atoms with Crippen LogP contribution in [-0.4, -0.2) is 11.5 Å². The first-order valence-corrected chi connectivity index (χ1v) is 5.40. The van der Waals surface area contributed by atoms with Gasteiger partial charge in [-0.2, -0.15) is 0 Å². The van der Waals surface area contributed by atoms with Crippen LogP contribution in [0.1, 0.15) is 24.5 Å². The lowest BCUT2D eigenvalue weighted by molar-refractivity contribution is 0.816. The van der Waals surface area contributed by atoms with Gasteiger partial charge in [-0.15, -0.1) is 0 Å². The Balaban J connectivity index is 2.85. The molecule has 72 valence electrons. The summed E-state index contributed by atoms with van der Waals surface area (Å²) in [6, 6.07) is 0. The van der Waals surface area contributed by atoms with Crippen LogP contribution in [-0.2, 0) is 12.8 Å². The second-order valence-corrected chi connectivity index (χ2v) is 3.86. The second kappa shape index (κ2) is 5.35. The highest BCUT2D eigenvalue weighted by atomic mass is 79.9. The molecule has 0 saturated heterocycles. The van der Waals surface area contributed by atoms with Crippen LogP contribution in [0, 0.1) is 0 Å². The minimum atomic E-state index is 0.746. The van der Waals surface area contributed by atoms with Crippen molar-refractivity contribution >= 4 is 15.9 Å². The summed E-state index contributed by atoms with van der Waals surface area (Å²) in [5.41, 5.74) is 8.16. The molecule has 0 atom stereocenters. The van der Waals surface area contributed by atoms with Gasteiger partial charge in [0.25, 0.3) is 0 Å². The number of hydrogen-bond donors (Lipinski definition) is 1. The SMILES string of the molecule is CCc1c(Br)cncc1CCCN. The van der Waals surface area contributed by atoms with Crippen molar-refractivity contribution in [1.29, 1.82) is 0 Å². The Morgan fingerprint density at radius 1 is 1.46 bits per heavy atom. The Labute approximate surface area is 87.7 Å². The molecule has 2 nitrogen and oxygen atoms in total. The first kappa shape index (κ1) is 10.7. The van der Waals surface area contributed by atoms with Crippen LogP contribution < -0.4 is 5.73 Å². The molecule has 0 aliphatic rings. The number of aromatic nitrogens is 1. The van der Waals surface area contributed by atoms with E-state index in [4.69, 9.17) is 5.73 Å². The Morgan fingerprint density at radius 2 is 2.23 bits per heavy atom. The smallest absolute Gasteiger partial charge is 0.0413 e. The zero-order chi connectivity index (χ0) is 9.68. The zero-order valence-corrected chi connectivity index (χ0v) is 9.47. The highest BCUT2D eigenvalue weighted by Crippen LogP contribution is 2.20. The summed E-state index contributed by atoms with van der Waals surface area (Å²) in [6.07, 6.45) is 6.91. The van der Waals surface area contributed by atoms with Gasteiger partial charge in [0.1, 0.15) is 0 Å². The van der Waals surface area contributed by atoms with E-state index in [1.165, 1.54) is 11.1 Å². The second-order valence-electron chi connectivity index (χ2n) is 3.00. The van der Waals surface area contributed by atoms with Gasteiger partial charge >= 0.3 is 0 Å². The summed E-state index contributed by atoms with van der Waals surface area (Å²) in [7, 11) is 0. The Hall–Kier alpha value is -0.410. The van der Waals surface area contributed by atoms with E-state index >= 15 is 0 Å². The predicted molar refractivity (Wildman–Crippen MR) is 58.7 cm³/mol. The van der Waals surface area contributed by atoms with E-state index in [-0.39, 0.29) is 0 Å². The lowest BCUT2D eigenvalue weighted by Crippen LogP contribution is -2.03. The van der Waals surface area contributed by atoms with Crippen molar-refractivity contribution in [1.82, 2.24) is 4.98 Å². The Morgan fingerprint density at radius 3 is 2.85 bits per heavy atom. The van der Waals surface area contributed by atoms with Gasteiger partial charge in [0.15, 0.2) is 0 Å². The average Bonchev–Trinajstić information content (AvgIpc) is 2.15. The largest absolute Gasteiger partial charge is 0.330 e. The molecule has 0 aliphatic heterocycles. The van der Waals surface area contributed by atoms with Crippen LogP contribution in [0.4, 0.5) is 0 Å². The Bertz CT molecular complexity index is 274. The summed E-state index contributed by atoms with van der Waals surface area (Å²) in [4.78, 5) is 4.16. The van der Waals surface area contributed by atoms with Crippen molar-refractivity contribution in [3.8, 4) is 0 Å². The van der Waals surface area contributed by atoms with Crippen molar-refractivity contribution in [3.05, 3.63) is 28.0 Å². The van der Waals surface area contributed by atoms with Crippen molar-refractivity contribution in [2.75, 3.05) is 6.54 Å². The maximum absolute atomic E-state index is 5.47.